The van der Waals surface area contributed by atoms with Crippen molar-refractivity contribution in [2.24, 2.45) is 0 Å². The van der Waals surface area contributed by atoms with Gasteiger partial charge < -0.3 is 15.1 Å². The van der Waals surface area contributed by atoms with Crippen LogP contribution >= 0.6 is 0 Å². The van der Waals surface area contributed by atoms with Gasteiger partial charge in [-0.2, -0.15) is 0 Å². The quantitative estimate of drug-likeness (QED) is 0.547. The van der Waals surface area contributed by atoms with Gasteiger partial charge >= 0.3 is 11.1 Å². The van der Waals surface area contributed by atoms with Crippen LogP contribution in [-0.4, -0.2) is 15.1 Å². The van der Waals surface area contributed by atoms with E-state index in [1.165, 1.54) is 0 Å². The predicted octanol–water partition coefficient (Wildman–Crippen LogP) is 0.125. The summed E-state index contributed by atoms with van der Waals surface area (Å²) in [6.07, 6.45) is -0.879. The Morgan fingerprint density at radius 3 is 2.56 bits per heavy atom. The van der Waals surface area contributed by atoms with Crippen LogP contribution in [0.25, 0.3) is 11.3 Å². The summed E-state index contributed by atoms with van der Waals surface area (Å²) in [6.45, 7) is 0. The fourth-order valence-electron chi connectivity index (χ4n) is 2.02. The molecule has 5 heteroatoms. The van der Waals surface area contributed by atoms with Gasteiger partial charge in [0.25, 0.3) is 0 Å². The van der Waals surface area contributed by atoms with Crippen LogP contribution in [0.1, 0.15) is 17.4 Å². The molecule has 1 aromatic carbocycles. The second kappa shape index (κ2) is 2.93. The molecule has 1 unspecified atom stereocenters. The van der Waals surface area contributed by atoms with Crippen molar-refractivity contribution in [2.45, 2.75) is 6.10 Å². The molecule has 1 aromatic heterocycles. The van der Waals surface area contributed by atoms with Crippen molar-refractivity contribution >= 4 is 0 Å². The van der Waals surface area contributed by atoms with E-state index in [2.05, 4.69) is 9.97 Å². The highest BCUT2D eigenvalue weighted by atomic mass is 16.3. The Bertz CT molecular complexity index is 684. The first-order chi connectivity index (χ1) is 7.68. The number of H-pyrrole nitrogens is 2. The Morgan fingerprint density at radius 1 is 1.06 bits per heavy atom. The lowest BCUT2D eigenvalue weighted by atomic mass is 10.1. The number of aromatic nitrogens is 2. The Kier molecular flexibility index (Phi) is 1.67. The second-order valence-electron chi connectivity index (χ2n) is 3.69. The van der Waals surface area contributed by atoms with Gasteiger partial charge in [-0.1, -0.05) is 24.3 Å². The molecule has 0 spiro atoms. The number of aromatic amines is 2. The number of hydrogen-bond acceptors (Lipinski definition) is 3. The van der Waals surface area contributed by atoms with Gasteiger partial charge in [0.05, 0.1) is 11.4 Å². The molecule has 80 valence electrons. The third kappa shape index (κ3) is 1.03. The van der Waals surface area contributed by atoms with Crippen LogP contribution in [0.5, 0.6) is 0 Å². The number of aliphatic hydroxyl groups is 1. The molecule has 0 aliphatic heterocycles. The second-order valence-corrected chi connectivity index (χ2v) is 3.69. The fourth-order valence-corrected chi connectivity index (χ4v) is 2.02. The van der Waals surface area contributed by atoms with Crippen molar-refractivity contribution in [3.63, 3.8) is 0 Å². The summed E-state index contributed by atoms with van der Waals surface area (Å²) < 4.78 is 0. The number of aliphatic hydroxyl groups excluding tert-OH is 1. The average Bonchev–Trinajstić information content (AvgIpc) is 2.55. The van der Waals surface area contributed by atoms with E-state index in [9.17, 15) is 14.7 Å². The normalized spacial score (nSPS) is 16.9. The molecule has 0 fully saturated rings. The summed E-state index contributed by atoms with van der Waals surface area (Å²) in [5.41, 5.74) is 0.833. The molecule has 16 heavy (non-hydrogen) atoms. The summed E-state index contributed by atoms with van der Waals surface area (Å²) in [6, 6.07) is 7.16. The van der Waals surface area contributed by atoms with E-state index in [0.29, 0.717) is 17.0 Å². The lowest BCUT2D eigenvalue weighted by Gasteiger charge is -2.03. The summed E-state index contributed by atoms with van der Waals surface area (Å²) in [7, 11) is 0. The van der Waals surface area contributed by atoms with Gasteiger partial charge in [0, 0.05) is 5.56 Å². The molecule has 1 atom stereocenters. The van der Waals surface area contributed by atoms with Crippen LogP contribution in [0, 0.1) is 0 Å². The van der Waals surface area contributed by atoms with Crippen molar-refractivity contribution in [2.75, 3.05) is 0 Å². The molecule has 1 heterocycles. The Balaban J connectivity index is 2.43. The number of fused-ring (bicyclic) bond motifs is 3. The first-order valence-corrected chi connectivity index (χ1v) is 4.82. The van der Waals surface area contributed by atoms with E-state index < -0.39 is 17.2 Å². The zero-order valence-electron chi connectivity index (χ0n) is 8.15. The van der Waals surface area contributed by atoms with E-state index in [0.717, 1.165) is 5.56 Å². The molecular weight excluding hydrogens is 208 g/mol. The Morgan fingerprint density at radius 2 is 1.75 bits per heavy atom. The van der Waals surface area contributed by atoms with Gasteiger partial charge in [-0.15, -0.1) is 0 Å². The van der Waals surface area contributed by atoms with Crippen molar-refractivity contribution < 1.29 is 5.11 Å². The molecule has 3 rings (SSSR count). The van der Waals surface area contributed by atoms with E-state index >= 15 is 0 Å². The topological polar surface area (TPSA) is 86.0 Å². The molecule has 0 saturated carbocycles. The predicted molar refractivity (Wildman–Crippen MR) is 57.2 cm³/mol. The lowest BCUT2D eigenvalue weighted by Crippen LogP contribution is -2.30. The maximum Gasteiger partial charge on any atom is 0.314 e. The Hall–Kier alpha value is -2.14. The van der Waals surface area contributed by atoms with Gasteiger partial charge in [0.15, 0.2) is 0 Å². The molecule has 0 amide bonds. The highest BCUT2D eigenvalue weighted by molar-refractivity contribution is 5.73. The minimum Gasteiger partial charge on any atom is -0.382 e. The highest BCUT2D eigenvalue weighted by Gasteiger charge is 2.28. The van der Waals surface area contributed by atoms with E-state index in [4.69, 9.17) is 0 Å². The monoisotopic (exact) mass is 216 g/mol. The van der Waals surface area contributed by atoms with Gasteiger partial charge in [-0.25, -0.2) is 0 Å². The van der Waals surface area contributed by atoms with Crippen molar-refractivity contribution in [3.05, 3.63) is 56.2 Å². The van der Waals surface area contributed by atoms with Crippen molar-refractivity contribution in [1.29, 1.82) is 0 Å². The first-order valence-electron chi connectivity index (χ1n) is 4.82. The van der Waals surface area contributed by atoms with Gasteiger partial charge in [-0.3, -0.25) is 9.59 Å². The molecular formula is C11H8N2O3. The lowest BCUT2D eigenvalue weighted by molar-refractivity contribution is 0.220. The maximum absolute atomic E-state index is 11.2. The molecule has 1 aliphatic rings. The molecule has 2 aromatic rings. The van der Waals surface area contributed by atoms with Crippen LogP contribution in [0.2, 0.25) is 0 Å². The fraction of sp³-hybridized carbons (Fsp3) is 0.0909. The largest absolute Gasteiger partial charge is 0.382 e. The van der Waals surface area contributed by atoms with Crippen LogP contribution < -0.4 is 11.1 Å². The molecule has 0 radical (unpaired) electrons. The zero-order chi connectivity index (χ0) is 11.3. The SMILES string of the molecule is O=c1[nH]c2c([nH]c1=O)C(O)c1ccccc1-2. The minimum atomic E-state index is -0.879. The molecule has 1 aliphatic carbocycles. The smallest absolute Gasteiger partial charge is 0.314 e. The first kappa shape index (κ1) is 9.11. The van der Waals surface area contributed by atoms with E-state index in [-0.39, 0.29) is 0 Å². The summed E-state index contributed by atoms with van der Waals surface area (Å²) >= 11 is 0. The number of rotatable bonds is 0. The molecule has 5 nitrogen and oxygen atoms in total. The summed E-state index contributed by atoms with van der Waals surface area (Å²) in [5.74, 6) is 0. The molecule has 3 N–H and O–H groups in total. The summed E-state index contributed by atoms with van der Waals surface area (Å²) in [4.78, 5) is 27.3. The van der Waals surface area contributed by atoms with Gasteiger partial charge in [0.1, 0.15) is 6.10 Å². The highest BCUT2D eigenvalue weighted by Crippen LogP contribution is 2.39. The Labute approximate surface area is 89.4 Å². The van der Waals surface area contributed by atoms with Crippen LogP contribution in [0.3, 0.4) is 0 Å². The van der Waals surface area contributed by atoms with Crippen molar-refractivity contribution in [1.82, 2.24) is 9.97 Å². The molecule has 0 saturated heterocycles. The van der Waals surface area contributed by atoms with Crippen LogP contribution in [0.15, 0.2) is 33.9 Å². The van der Waals surface area contributed by atoms with Gasteiger partial charge in [0.2, 0.25) is 0 Å². The van der Waals surface area contributed by atoms with E-state index in [1.54, 1.807) is 18.2 Å². The van der Waals surface area contributed by atoms with Crippen LogP contribution in [-0.2, 0) is 0 Å². The van der Waals surface area contributed by atoms with Crippen LogP contribution in [0.4, 0.5) is 0 Å². The number of nitrogens with one attached hydrogen (secondary N) is 2. The van der Waals surface area contributed by atoms with Gasteiger partial charge in [-0.05, 0) is 5.56 Å². The van der Waals surface area contributed by atoms with E-state index in [1.807, 2.05) is 6.07 Å². The minimum absolute atomic E-state index is 0.353. The third-order valence-electron chi connectivity index (χ3n) is 2.76. The zero-order valence-corrected chi connectivity index (χ0v) is 8.15. The van der Waals surface area contributed by atoms with Crippen molar-refractivity contribution in [3.8, 4) is 11.3 Å². The number of benzene rings is 1. The standard InChI is InChI=1S/C11H8N2O3/c14-9-6-4-2-1-3-5(6)7-8(9)13-11(16)10(15)12-7/h1-4,9,14H,(H,12,15)(H,13,16). The average molecular weight is 216 g/mol. The third-order valence-corrected chi connectivity index (χ3v) is 2.76. The maximum atomic E-state index is 11.2. The molecule has 0 bridgehead atoms. The number of hydrogen-bond donors (Lipinski definition) is 3. The summed E-state index contributed by atoms with van der Waals surface area (Å²) in [5, 5.41) is 9.96.